The maximum Gasteiger partial charge on any atom is 0.317 e. The van der Waals surface area contributed by atoms with E-state index in [2.05, 4.69) is 15.4 Å². The first-order valence-corrected chi connectivity index (χ1v) is 9.41. The molecule has 0 aromatic carbocycles. The molecule has 1 saturated heterocycles. The Kier molecular flexibility index (Phi) is 6.20. The van der Waals surface area contributed by atoms with Crippen LogP contribution in [0.1, 0.15) is 49.8 Å². The predicted octanol–water partition coefficient (Wildman–Crippen LogP) is 2.69. The molecule has 9 heteroatoms. The zero-order chi connectivity index (χ0) is 19.3. The van der Waals surface area contributed by atoms with E-state index in [0.717, 1.165) is 42.8 Å². The number of carbonyl (C=O) groups is 1. The average Bonchev–Trinajstić information content (AvgIpc) is 3.06. The van der Waals surface area contributed by atoms with Crippen molar-refractivity contribution in [2.75, 3.05) is 13.1 Å². The van der Waals surface area contributed by atoms with Crippen LogP contribution < -0.4 is 11.1 Å². The second-order valence-electron chi connectivity index (χ2n) is 7.03. The zero-order valence-electron chi connectivity index (χ0n) is 15.3. The highest BCUT2D eigenvalue weighted by Gasteiger charge is 2.30. The van der Waals surface area contributed by atoms with Crippen molar-refractivity contribution in [1.82, 2.24) is 24.8 Å². The predicted molar refractivity (Wildman–Crippen MR) is 97.3 cm³/mol. The molecule has 3 N–H and O–H groups in total. The lowest BCUT2D eigenvalue weighted by atomic mass is 9.97. The van der Waals surface area contributed by atoms with E-state index in [0.29, 0.717) is 25.9 Å². The first-order valence-electron chi connectivity index (χ1n) is 9.41. The summed E-state index contributed by atoms with van der Waals surface area (Å²) in [5.41, 5.74) is 8.09. The molecule has 27 heavy (non-hydrogen) atoms. The maximum absolute atomic E-state index is 12.2. The van der Waals surface area contributed by atoms with E-state index in [-0.39, 0.29) is 18.9 Å². The number of aromatic nitrogens is 3. The molecule has 1 saturated carbocycles. The van der Waals surface area contributed by atoms with E-state index in [9.17, 15) is 13.6 Å². The summed E-state index contributed by atoms with van der Waals surface area (Å²) in [4.78, 5) is 17.8. The van der Waals surface area contributed by atoms with Gasteiger partial charge >= 0.3 is 6.03 Å². The number of halogens is 2. The van der Waals surface area contributed by atoms with E-state index in [1.165, 1.54) is 0 Å². The molecule has 2 fully saturated rings. The van der Waals surface area contributed by atoms with Crippen LogP contribution in [-0.2, 0) is 13.1 Å². The van der Waals surface area contributed by atoms with Gasteiger partial charge < -0.3 is 16.0 Å². The van der Waals surface area contributed by atoms with E-state index in [1.807, 2.05) is 12.3 Å². The van der Waals surface area contributed by atoms with Crippen molar-refractivity contribution in [3.63, 3.8) is 0 Å². The zero-order valence-corrected chi connectivity index (χ0v) is 15.3. The number of amides is 2. The fraction of sp³-hybridized carbons (Fsp3) is 0.611. The summed E-state index contributed by atoms with van der Waals surface area (Å²) >= 11 is 0. The SMILES string of the molecule is FC1(F)CCCCC1.NCc1cn2ncc(CN3CCCNC3=O)cc2n1. The Hall–Kier alpha value is -2.29. The molecule has 0 spiro atoms. The van der Waals surface area contributed by atoms with Gasteiger partial charge in [-0.3, -0.25) is 0 Å². The van der Waals surface area contributed by atoms with Gasteiger partial charge in [0, 0.05) is 39.0 Å². The first-order chi connectivity index (χ1) is 13.0. The molecular formula is C18H26F2N6O. The number of nitrogens with zero attached hydrogens (tertiary/aromatic N) is 4. The highest BCUT2D eigenvalue weighted by Crippen LogP contribution is 2.32. The second kappa shape index (κ2) is 8.60. The minimum Gasteiger partial charge on any atom is -0.338 e. The summed E-state index contributed by atoms with van der Waals surface area (Å²) in [6.45, 7) is 2.49. The molecule has 0 unspecified atom stereocenters. The fourth-order valence-corrected chi connectivity index (χ4v) is 3.27. The third kappa shape index (κ3) is 5.35. The number of urea groups is 1. The molecule has 2 aliphatic rings. The highest BCUT2D eigenvalue weighted by atomic mass is 19.3. The van der Waals surface area contributed by atoms with Gasteiger partial charge in [0.25, 0.3) is 0 Å². The van der Waals surface area contributed by atoms with Crippen LogP contribution in [0.3, 0.4) is 0 Å². The quantitative estimate of drug-likeness (QED) is 0.857. The minimum atomic E-state index is -2.32. The molecule has 7 nitrogen and oxygen atoms in total. The second-order valence-corrected chi connectivity index (χ2v) is 7.03. The molecule has 2 amide bonds. The van der Waals surface area contributed by atoms with Gasteiger partial charge in [0.2, 0.25) is 5.92 Å². The number of hydrogen-bond donors (Lipinski definition) is 2. The van der Waals surface area contributed by atoms with Gasteiger partial charge in [-0.05, 0) is 30.9 Å². The van der Waals surface area contributed by atoms with Gasteiger partial charge in [0.1, 0.15) is 0 Å². The molecule has 3 heterocycles. The van der Waals surface area contributed by atoms with Crippen LogP contribution in [0.25, 0.3) is 5.65 Å². The lowest BCUT2D eigenvalue weighted by Crippen LogP contribution is -2.45. The largest absolute Gasteiger partial charge is 0.338 e. The normalized spacial score (nSPS) is 19.4. The molecule has 0 radical (unpaired) electrons. The van der Waals surface area contributed by atoms with Crippen molar-refractivity contribution in [2.45, 2.75) is 57.5 Å². The Morgan fingerprint density at radius 1 is 1.22 bits per heavy atom. The van der Waals surface area contributed by atoms with E-state index in [4.69, 9.17) is 5.73 Å². The monoisotopic (exact) mass is 380 g/mol. The maximum atomic E-state index is 12.2. The van der Waals surface area contributed by atoms with E-state index >= 15 is 0 Å². The molecule has 2 aromatic rings. The Morgan fingerprint density at radius 2 is 2.00 bits per heavy atom. The van der Waals surface area contributed by atoms with Gasteiger partial charge in [0.15, 0.2) is 5.65 Å². The molecule has 1 aliphatic carbocycles. The Labute approximate surface area is 156 Å². The van der Waals surface area contributed by atoms with Crippen molar-refractivity contribution < 1.29 is 13.6 Å². The van der Waals surface area contributed by atoms with Crippen molar-refractivity contribution in [2.24, 2.45) is 5.73 Å². The van der Waals surface area contributed by atoms with Crippen molar-refractivity contribution >= 4 is 11.7 Å². The molecule has 1 aliphatic heterocycles. The average molecular weight is 380 g/mol. The molecule has 148 valence electrons. The molecule has 2 aromatic heterocycles. The Bertz CT molecular complexity index is 770. The number of nitrogens with one attached hydrogen (secondary N) is 1. The van der Waals surface area contributed by atoms with Crippen molar-refractivity contribution in [3.05, 3.63) is 29.7 Å². The summed E-state index contributed by atoms with van der Waals surface area (Å²) in [7, 11) is 0. The van der Waals surface area contributed by atoms with E-state index in [1.54, 1.807) is 15.6 Å². The number of imidazole rings is 1. The van der Waals surface area contributed by atoms with Gasteiger partial charge in [0.05, 0.1) is 18.1 Å². The van der Waals surface area contributed by atoms with Crippen LogP contribution in [0, 0.1) is 0 Å². The Morgan fingerprint density at radius 3 is 2.63 bits per heavy atom. The summed E-state index contributed by atoms with van der Waals surface area (Å²) in [6.07, 6.45) is 7.21. The summed E-state index contributed by atoms with van der Waals surface area (Å²) in [5.74, 6) is -2.32. The number of rotatable bonds is 3. The lowest BCUT2D eigenvalue weighted by Gasteiger charge is -2.27. The number of hydrogen-bond acceptors (Lipinski definition) is 4. The molecule has 0 atom stereocenters. The minimum absolute atomic E-state index is 0.0166. The molecular weight excluding hydrogens is 354 g/mol. The molecule has 4 rings (SSSR count). The number of carbonyl (C=O) groups excluding carboxylic acids is 1. The van der Waals surface area contributed by atoms with Gasteiger partial charge in [-0.2, -0.15) is 5.10 Å². The summed E-state index contributed by atoms with van der Waals surface area (Å²) in [5, 5.41) is 7.11. The van der Waals surface area contributed by atoms with Crippen LogP contribution in [0.4, 0.5) is 13.6 Å². The van der Waals surface area contributed by atoms with Crippen LogP contribution in [0.5, 0.6) is 0 Å². The van der Waals surface area contributed by atoms with Crippen LogP contribution in [-0.4, -0.2) is 44.5 Å². The number of nitrogens with two attached hydrogens (primary N) is 1. The van der Waals surface area contributed by atoms with Gasteiger partial charge in [-0.1, -0.05) is 6.42 Å². The number of fused-ring (bicyclic) bond motifs is 1. The lowest BCUT2D eigenvalue weighted by molar-refractivity contribution is -0.0337. The van der Waals surface area contributed by atoms with Gasteiger partial charge in [-0.25, -0.2) is 23.1 Å². The van der Waals surface area contributed by atoms with Crippen molar-refractivity contribution in [3.8, 4) is 0 Å². The van der Waals surface area contributed by atoms with Crippen LogP contribution in [0.2, 0.25) is 0 Å². The van der Waals surface area contributed by atoms with E-state index < -0.39 is 5.92 Å². The third-order valence-electron chi connectivity index (χ3n) is 4.76. The Balaban J connectivity index is 0.000000221. The standard InChI is InChI=1S/C12H16N6O.C6H10F2/c13-5-10-8-18-11(16-10)4-9(6-15-18)7-17-3-1-2-14-12(17)19;7-6(8)4-2-1-3-5-6/h4,6,8H,1-3,5,7,13H2,(H,14,19);1-5H2. The number of alkyl halides is 2. The highest BCUT2D eigenvalue weighted by molar-refractivity contribution is 5.74. The first kappa shape index (κ1) is 19.5. The molecule has 0 bridgehead atoms. The topological polar surface area (TPSA) is 88.5 Å². The van der Waals surface area contributed by atoms with Crippen LogP contribution in [0.15, 0.2) is 18.5 Å². The van der Waals surface area contributed by atoms with Crippen molar-refractivity contribution in [1.29, 1.82) is 0 Å². The van der Waals surface area contributed by atoms with Crippen LogP contribution >= 0.6 is 0 Å². The smallest absolute Gasteiger partial charge is 0.317 e. The third-order valence-corrected chi connectivity index (χ3v) is 4.76. The summed E-state index contributed by atoms with van der Waals surface area (Å²) < 4.78 is 26.1. The summed E-state index contributed by atoms with van der Waals surface area (Å²) in [6, 6.07) is 1.92. The van der Waals surface area contributed by atoms with Gasteiger partial charge in [-0.15, -0.1) is 0 Å². The fourth-order valence-electron chi connectivity index (χ4n) is 3.27.